The molecule has 6 rings (SSSR count). The van der Waals surface area contributed by atoms with Crippen LogP contribution in [0.5, 0.6) is 0 Å². The minimum absolute atomic E-state index is 0.357. The van der Waals surface area contributed by atoms with Gasteiger partial charge in [0.05, 0.1) is 0 Å². The second-order valence-corrected chi connectivity index (χ2v) is 8.72. The molecule has 6 aliphatic rings. The number of carboxylic acid groups (broad SMARTS) is 1. The minimum atomic E-state index is -0.642. The molecule has 6 aliphatic carbocycles. The van der Waals surface area contributed by atoms with E-state index >= 15 is 0 Å². The number of unbranched alkanes of at least 4 members (excludes halogenated alkanes) is 7. The van der Waals surface area contributed by atoms with E-state index in [1.54, 1.807) is 6.42 Å². The first-order valence-corrected chi connectivity index (χ1v) is 9.50. The fraction of sp³-hybridized carbons (Fsp3) is 0.947. The van der Waals surface area contributed by atoms with E-state index in [0.717, 1.165) is 18.3 Å². The van der Waals surface area contributed by atoms with Crippen molar-refractivity contribution in [1.82, 2.24) is 0 Å². The zero-order chi connectivity index (χ0) is 14.2. The molecule has 0 aromatic heterocycles. The van der Waals surface area contributed by atoms with Crippen molar-refractivity contribution in [2.45, 2.75) is 64.2 Å². The first kappa shape index (κ1) is 13.0. The van der Waals surface area contributed by atoms with Gasteiger partial charge in [0.15, 0.2) is 0 Å². The molecule has 6 saturated carbocycles. The van der Waals surface area contributed by atoms with Crippen LogP contribution in [0.2, 0.25) is 0 Å². The average molecular weight is 288 g/mol. The first-order chi connectivity index (χ1) is 10.3. The van der Waals surface area contributed by atoms with Crippen LogP contribution in [0.25, 0.3) is 0 Å². The molecule has 6 fully saturated rings. The molecule has 0 heterocycles. The number of hydrogen-bond acceptors (Lipinski definition) is 1. The van der Waals surface area contributed by atoms with Gasteiger partial charge in [-0.15, -0.1) is 0 Å². The first-order valence-electron chi connectivity index (χ1n) is 9.50. The molecule has 0 unspecified atom stereocenters. The summed E-state index contributed by atoms with van der Waals surface area (Å²) < 4.78 is 0. The largest absolute Gasteiger partial charge is 0.481 e. The molecule has 0 radical (unpaired) electrons. The highest BCUT2D eigenvalue weighted by atomic mass is 16.4. The summed E-state index contributed by atoms with van der Waals surface area (Å²) in [4.78, 5) is 10.4. The highest BCUT2D eigenvalue weighted by molar-refractivity contribution is 5.66. The summed E-state index contributed by atoms with van der Waals surface area (Å²) in [5.74, 6) is 8.15. The Hall–Kier alpha value is -0.530. The third-order valence-electron chi connectivity index (χ3n) is 8.43. The fourth-order valence-corrected chi connectivity index (χ4v) is 7.94. The van der Waals surface area contributed by atoms with Gasteiger partial charge in [-0.1, -0.05) is 44.9 Å². The normalized spacial score (nSPS) is 51.9. The van der Waals surface area contributed by atoms with E-state index in [0.29, 0.717) is 6.42 Å². The third kappa shape index (κ3) is 1.31. The van der Waals surface area contributed by atoms with Crippen molar-refractivity contribution >= 4 is 5.97 Å². The van der Waals surface area contributed by atoms with Gasteiger partial charge in [0.1, 0.15) is 0 Å². The molecule has 0 aliphatic heterocycles. The SMILES string of the molecule is O=C(O)CCCCCCCCCCC12C3C4C5C3C1C5C42. The zero-order valence-corrected chi connectivity index (χ0v) is 13.0. The Balaban J connectivity index is 0.898. The van der Waals surface area contributed by atoms with Crippen LogP contribution in [0, 0.1) is 46.8 Å². The lowest BCUT2D eigenvalue weighted by Crippen LogP contribution is -3.05. The highest BCUT2D eigenvalue weighted by Crippen LogP contribution is 3.06. The maximum absolute atomic E-state index is 10.4. The predicted octanol–water partition coefficient (Wildman–Crippen LogP) is 4.34. The van der Waals surface area contributed by atoms with Crippen LogP contribution in [0.3, 0.4) is 0 Å². The van der Waals surface area contributed by atoms with Crippen molar-refractivity contribution in [2.24, 2.45) is 46.8 Å². The third-order valence-corrected chi connectivity index (χ3v) is 8.43. The summed E-state index contributed by atoms with van der Waals surface area (Å²) in [6.07, 6.45) is 12.2. The van der Waals surface area contributed by atoms with E-state index in [4.69, 9.17) is 5.11 Å². The summed E-state index contributed by atoms with van der Waals surface area (Å²) >= 11 is 0. The van der Waals surface area contributed by atoms with Gasteiger partial charge < -0.3 is 5.11 Å². The van der Waals surface area contributed by atoms with Crippen molar-refractivity contribution in [1.29, 1.82) is 0 Å². The smallest absolute Gasteiger partial charge is 0.303 e. The summed E-state index contributed by atoms with van der Waals surface area (Å²) in [5, 5.41) is 8.57. The molecule has 0 spiro atoms. The highest BCUT2D eigenvalue weighted by Gasteiger charge is 3.03. The number of carbonyl (C=O) groups is 1. The van der Waals surface area contributed by atoms with E-state index in [1.807, 2.05) is 0 Å². The Morgan fingerprint density at radius 3 is 1.71 bits per heavy atom. The molecular formula is C19H28O2. The summed E-state index contributed by atoms with van der Waals surface area (Å²) in [5.41, 5.74) is 0.950. The van der Waals surface area contributed by atoms with E-state index in [1.165, 1.54) is 80.0 Å². The number of hydrogen-bond donors (Lipinski definition) is 1. The molecule has 2 nitrogen and oxygen atoms in total. The Bertz CT molecular complexity index is 417. The molecular weight excluding hydrogens is 260 g/mol. The van der Waals surface area contributed by atoms with Crippen LogP contribution in [-0.2, 0) is 4.79 Å². The van der Waals surface area contributed by atoms with E-state index in [9.17, 15) is 4.79 Å². The lowest BCUT2D eigenvalue weighted by atomic mass is 8.96. The topological polar surface area (TPSA) is 37.3 Å². The second-order valence-electron chi connectivity index (χ2n) is 8.72. The van der Waals surface area contributed by atoms with Gasteiger partial charge in [0.2, 0.25) is 0 Å². The Kier molecular flexibility index (Phi) is 2.63. The van der Waals surface area contributed by atoms with Gasteiger partial charge in [0, 0.05) is 6.42 Å². The summed E-state index contributed by atoms with van der Waals surface area (Å²) in [7, 11) is 0. The van der Waals surface area contributed by atoms with Crippen LogP contribution in [0.1, 0.15) is 64.2 Å². The van der Waals surface area contributed by atoms with Crippen molar-refractivity contribution in [3.8, 4) is 0 Å². The van der Waals surface area contributed by atoms with Crippen LogP contribution in [0.15, 0.2) is 0 Å². The molecule has 0 amide bonds. The van der Waals surface area contributed by atoms with Gasteiger partial charge >= 0.3 is 5.97 Å². The molecule has 2 heteroatoms. The molecule has 1 N–H and O–H groups in total. The molecule has 0 saturated heterocycles. The quantitative estimate of drug-likeness (QED) is 0.574. The molecule has 21 heavy (non-hydrogen) atoms. The predicted molar refractivity (Wildman–Crippen MR) is 80.7 cm³/mol. The monoisotopic (exact) mass is 288 g/mol. The van der Waals surface area contributed by atoms with Gasteiger partial charge in [-0.2, -0.15) is 0 Å². The number of carboxylic acids is 1. The van der Waals surface area contributed by atoms with Crippen molar-refractivity contribution in [3.63, 3.8) is 0 Å². The lowest BCUT2D eigenvalue weighted by Gasteiger charge is -3.08. The van der Waals surface area contributed by atoms with Gasteiger partial charge in [0.25, 0.3) is 0 Å². The summed E-state index contributed by atoms with van der Waals surface area (Å²) in [6.45, 7) is 0. The van der Waals surface area contributed by atoms with E-state index in [2.05, 4.69) is 0 Å². The summed E-state index contributed by atoms with van der Waals surface area (Å²) in [6, 6.07) is 0. The van der Waals surface area contributed by atoms with Crippen LogP contribution < -0.4 is 0 Å². The Morgan fingerprint density at radius 2 is 1.19 bits per heavy atom. The molecule has 0 aromatic rings. The zero-order valence-electron chi connectivity index (χ0n) is 13.0. The maximum Gasteiger partial charge on any atom is 0.303 e. The van der Waals surface area contributed by atoms with Crippen molar-refractivity contribution < 1.29 is 9.90 Å². The van der Waals surface area contributed by atoms with Crippen molar-refractivity contribution in [2.75, 3.05) is 0 Å². The average Bonchev–Trinajstić information content (AvgIpc) is 2.49. The van der Waals surface area contributed by atoms with Crippen LogP contribution in [0.4, 0.5) is 0 Å². The molecule has 0 bridgehead atoms. The standard InChI is InChI=1S/C19H28O2/c20-11(21)9-7-5-3-1-2-4-6-8-10-19-16-13-12-14(16)18(19)15(12)17(13)19/h12-18H,1-10H2,(H,20,21). The molecule has 116 valence electrons. The van der Waals surface area contributed by atoms with E-state index < -0.39 is 5.97 Å². The Morgan fingerprint density at radius 1 is 0.714 bits per heavy atom. The fourth-order valence-electron chi connectivity index (χ4n) is 7.94. The van der Waals surface area contributed by atoms with Crippen LogP contribution >= 0.6 is 0 Å². The second kappa shape index (κ2) is 4.26. The molecule has 0 aromatic carbocycles. The Labute approximate surface area is 127 Å². The maximum atomic E-state index is 10.4. The number of aliphatic carboxylic acids is 1. The van der Waals surface area contributed by atoms with Gasteiger partial charge in [-0.05, 0) is 59.7 Å². The van der Waals surface area contributed by atoms with Gasteiger partial charge in [-0.25, -0.2) is 0 Å². The lowest BCUT2D eigenvalue weighted by molar-refractivity contribution is -0.616. The van der Waals surface area contributed by atoms with Crippen LogP contribution in [-0.4, -0.2) is 11.1 Å². The van der Waals surface area contributed by atoms with Crippen molar-refractivity contribution in [3.05, 3.63) is 0 Å². The number of rotatable bonds is 11. The van der Waals surface area contributed by atoms with Gasteiger partial charge in [-0.3, -0.25) is 4.79 Å². The minimum Gasteiger partial charge on any atom is -0.481 e. The van der Waals surface area contributed by atoms with E-state index in [-0.39, 0.29) is 0 Å². The molecule has 0 atom stereocenters.